The maximum atomic E-state index is 13.8. The Morgan fingerprint density at radius 3 is 2.38 bits per heavy atom. The number of carbonyl (C=O) groups excluding carboxylic acids is 1. The maximum absolute atomic E-state index is 13.8. The van der Waals surface area contributed by atoms with Crippen molar-refractivity contribution < 1.29 is 9.18 Å². The van der Waals surface area contributed by atoms with Crippen molar-refractivity contribution in [3.63, 3.8) is 0 Å². The molecule has 1 aliphatic heterocycles. The van der Waals surface area contributed by atoms with Crippen LogP contribution >= 0.6 is 0 Å². The predicted molar refractivity (Wildman–Crippen MR) is 78.8 cm³/mol. The topological polar surface area (TPSA) is 36.4 Å². The zero-order valence-electron chi connectivity index (χ0n) is 11.6. The van der Waals surface area contributed by atoms with Crippen molar-refractivity contribution >= 4 is 11.6 Å². The molecule has 0 saturated carbocycles. The molecule has 0 atom stereocenters. The number of pyridine rings is 1. The van der Waals surface area contributed by atoms with E-state index >= 15 is 0 Å². The summed E-state index contributed by atoms with van der Waals surface area (Å²) in [6, 6.07) is 12.0. The van der Waals surface area contributed by atoms with Crippen molar-refractivity contribution in [2.45, 2.75) is 0 Å². The fraction of sp³-hybridized carbons (Fsp3) is 0.250. The number of anilines is 1. The highest BCUT2D eigenvalue weighted by Crippen LogP contribution is 2.20. The van der Waals surface area contributed by atoms with E-state index in [0.717, 1.165) is 0 Å². The van der Waals surface area contributed by atoms with Gasteiger partial charge in [0.05, 0.1) is 5.69 Å². The molecule has 0 unspecified atom stereocenters. The quantitative estimate of drug-likeness (QED) is 0.848. The van der Waals surface area contributed by atoms with Crippen molar-refractivity contribution in [2.24, 2.45) is 0 Å². The molecular formula is C16H16FN3O. The number of carbonyl (C=O) groups is 1. The fourth-order valence-electron chi connectivity index (χ4n) is 2.51. The van der Waals surface area contributed by atoms with E-state index in [1.807, 2.05) is 11.0 Å². The van der Waals surface area contributed by atoms with Gasteiger partial charge in [-0.1, -0.05) is 18.2 Å². The molecular weight excluding hydrogens is 269 g/mol. The number of hydrogen-bond donors (Lipinski definition) is 0. The Bertz CT molecular complexity index is 624. The minimum atomic E-state index is -0.220. The van der Waals surface area contributed by atoms with Gasteiger partial charge in [0.2, 0.25) is 0 Å². The van der Waals surface area contributed by atoms with Gasteiger partial charge in [0.25, 0.3) is 5.91 Å². The minimum Gasteiger partial charge on any atom is -0.366 e. The van der Waals surface area contributed by atoms with Gasteiger partial charge in [-0.05, 0) is 24.3 Å². The molecule has 21 heavy (non-hydrogen) atoms. The lowest BCUT2D eigenvalue weighted by Gasteiger charge is -2.36. The zero-order chi connectivity index (χ0) is 14.7. The molecule has 5 heteroatoms. The number of hydrogen-bond acceptors (Lipinski definition) is 3. The van der Waals surface area contributed by atoms with Crippen LogP contribution < -0.4 is 4.90 Å². The van der Waals surface area contributed by atoms with Gasteiger partial charge >= 0.3 is 0 Å². The molecule has 1 aliphatic rings. The van der Waals surface area contributed by atoms with Crippen molar-refractivity contribution in [2.75, 3.05) is 31.1 Å². The number of nitrogens with zero attached hydrogens (tertiary/aromatic N) is 3. The second kappa shape index (κ2) is 5.91. The number of amides is 1. The average Bonchev–Trinajstić information content (AvgIpc) is 2.56. The number of para-hydroxylation sites is 1. The van der Waals surface area contributed by atoms with Gasteiger partial charge in [-0.2, -0.15) is 0 Å². The number of halogens is 1. The van der Waals surface area contributed by atoms with Gasteiger partial charge in [0, 0.05) is 32.4 Å². The summed E-state index contributed by atoms with van der Waals surface area (Å²) in [7, 11) is 0. The molecule has 0 N–H and O–H groups in total. The lowest BCUT2D eigenvalue weighted by atomic mass is 10.2. The highest BCUT2D eigenvalue weighted by molar-refractivity contribution is 5.92. The second-order valence-corrected chi connectivity index (χ2v) is 4.95. The monoisotopic (exact) mass is 285 g/mol. The van der Waals surface area contributed by atoms with Crippen molar-refractivity contribution in [3.8, 4) is 0 Å². The summed E-state index contributed by atoms with van der Waals surface area (Å²) in [5, 5.41) is 0. The van der Waals surface area contributed by atoms with Gasteiger partial charge in [-0.15, -0.1) is 0 Å². The van der Waals surface area contributed by atoms with Crippen LogP contribution in [0.2, 0.25) is 0 Å². The maximum Gasteiger partial charge on any atom is 0.272 e. The normalized spacial score (nSPS) is 15.1. The summed E-state index contributed by atoms with van der Waals surface area (Å²) < 4.78 is 13.8. The van der Waals surface area contributed by atoms with E-state index in [1.54, 1.807) is 41.4 Å². The van der Waals surface area contributed by atoms with E-state index in [0.29, 0.717) is 37.6 Å². The SMILES string of the molecule is O=C(c1ccccn1)N1CCN(c2ccccc2F)CC1. The number of aromatic nitrogens is 1. The number of benzene rings is 1. The second-order valence-electron chi connectivity index (χ2n) is 4.95. The molecule has 108 valence electrons. The Kier molecular flexibility index (Phi) is 3.81. The summed E-state index contributed by atoms with van der Waals surface area (Å²) in [5.74, 6) is -0.286. The van der Waals surface area contributed by atoms with E-state index in [-0.39, 0.29) is 11.7 Å². The largest absolute Gasteiger partial charge is 0.366 e. The Morgan fingerprint density at radius 1 is 1.00 bits per heavy atom. The smallest absolute Gasteiger partial charge is 0.272 e. The average molecular weight is 285 g/mol. The molecule has 3 rings (SSSR count). The highest BCUT2D eigenvalue weighted by atomic mass is 19.1. The fourth-order valence-corrected chi connectivity index (χ4v) is 2.51. The lowest BCUT2D eigenvalue weighted by Crippen LogP contribution is -2.49. The Balaban J connectivity index is 1.66. The number of piperazine rings is 1. The summed E-state index contributed by atoms with van der Waals surface area (Å²) >= 11 is 0. The Morgan fingerprint density at radius 2 is 1.71 bits per heavy atom. The molecule has 2 heterocycles. The van der Waals surface area contributed by atoms with Gasteiger partial charge in [-0.25, -0.2) is 4.39 Å². The summed E-state index contributed by atoms with van der Waals surface area (Å²) in [5.41, 5.74) is 1.05. The molecule has 1 aromatic heterocycles. The van der Waals surface area contributed by atoms with Crippen LogP contribution in [0.4, 0.5) is 10.1 Å². The van der Waals surface area contributed by atoms with Crippen LogP contribution in [0.1, 0.15) is 10.5 Å². The first-order valence-corrected chi connectivity index (χ1v) is 6.95. The number of rotatable bonds is 2. The van der Waals surface area contributed by atoms with Crippen LogP contribution in [0.3, 0.4) is 0 Å². The molecule has 4 nitrogen and oxygen atoms in total. The predicted octanol–water partition coefficient (Wildman–Crippen LogP) is 2.18. The standard InChI is InChI=1S/C16H16FN3O/c17-13-5-1-2-7-15(13)19-9-11-20(12-10-19)16(21)14-6-3-4-8-18-14/h1-8H,9-12H2. The highest BCUT2D eigenvalue weighted by Gasteiger charge is 2.23. The third-order valence-corrected chi connectivity index (χ3v) is 3.64. The molecule has 1 aromatic carbocycles. The van der Waals surface area contributed by atoms with Crippen molar-refractivity contribution in [3.05, 3.63) is 60.2 Å². The third-order valence-electron chi connectivity index (χ3n) is 3.64. The summed E-state index contributed by atoms with van der Waals surface area (Å²) in [6.45, 7) is 2.40. The zero-order valence-corrected chi connectivity index (χ0v) is 11.6. The van der Waals surface area contributed by atoms with Crippen LogP contribution in [0.5, 0.6) is 0 Å². The molecule has 0 aliphatic carbocycles. The third kappa shape index (κ3) is 2.86. The minimum absolute atomic E-state index is 0.0659. The van der Waals surface area contributed by atoms with Gasteiger partial charge in [0.1, 0.15) is 11.5 Å². The van der Waals surface area contributed by atoms with E-state index in [2.05, 4.69) is 4.98 Å². The van der Waals surface area contributed by atoms with Crippen LogP contribution in [-0.2, 0) is 0 Å². The molecule has 0 radical (unpaired) electrons. The molecule has 1 fully saturated rings. The molecule has 1 saturated heterocycles. The molecule has 2 aromatic rings. The first-order valence-electron chi connectivity index (χ1n) is 6.95. The summed E-state index contributed by atoms with van der Waals surface area (Å²) in [6.07, 6.45) is 1.61. The van der Waals surface area contributed by atoms with Crippen LogP contribution in [0.25, 0.3) is 0 Å². The van der Waals surface area contributed by atoms with E-state index < -0.39 is 0 Å². The van der Waals surface area contributed by atoms with Crippen LogP contribution in [0.15, 0.2) is 48.7 Å². The first-order chi connectivity index (χ1) is 10.3. The first kappa shape index (κ1) is 13.5. The van der Waals surface area contributed by atoms with Crippen LogP contribution in [-0.4, -0.2) is 42.0 Å². The Hall–Kier alpha value is -2.43. The van der Waals surface area contributed by atoms with E-state index in [4.69, 9.17) is 0 Å². The van der Waals surface area contributed by atoms with Crippen molar-refractivity contribution in [1.82, 2.24) is 9.88 Å². The van der Waals surface area contributed by atoms with Gasteiger partial charge in [-0.3, -0.25) is 9.78 Å². The molecule has 1 amide bonds. The van der Waals surface area contributed by atoms with E-state index in [9.17, 15) is 9.18 Å². The van der Waals surface area contributed by atoms with E-state index in [1.165, 1.54) is 6.07 Å². The van der Waals surface area contributed by atoms with Crippen molar-refractivity contribution in [1.29, 1.82) is 0 Å². The Labute approximate surface area is 122 Å². The van der Waals surface area contributed by atoms with Gasteiger partial charge in [0.15, 0.2) is 0 Å². The van der Waals surface area contributed by atoms with Crippen LogP contribution in [0, 0.1) is 5.82 Å². The molecule has 0 bridgehead atoms. The lowest BCUT2D eigenvalue weighted by molar-refractivity contribution is 0.0740. The summed E-state index contributed by atoms with van der Waals surface area (Å²) in [4.78, 5) is 20.1. The van der Waals surface area contributed by atoms with Gasteiger partial charge < -0.3 is 9.80 Å². The molecule has 0 spiro atoms.